The van der Waals surface area contributed by atoms with Crippen LogP contribution < -0.4 is 0 Å². The van der Waals surface area contributed by atoms with Crippen LogP contribution in [0.3, 0.4) is 0 Å². The Hall–Kier alpha value is -2.29. The number of aryl methyl sites for hydroxylation is 2. The molecular weight excluding hydrogens is 400 g/mol. The number of sulfonamides is 1. The summed E-state index contributed by atoms with van der Waals surface area (Å²) in [5, 5.41) is 0. The summed E-state index contributed by atoms with van der Waals surface area (Å²) < 4.78 is 27.3. The van der Waals surface area contributed by atoms with Crippen molar-refractivity contribution in [2.24, 2.45) is 0 Å². The molecule has 162 valence electrons. The van der Waals surface area contributed by atoms with Crippen LogP contribution in [-0.2, 0) is 21.2 Å². The summed E-state index contributed by atoms with van der Waals surface area (Å²) in [6.45, 7) is 6.39. The number of nitrogens with zero attached hydrogens (tertiary/aromatic N) is 4. The van der Waals surface area contributed by atoms with E-state index in [4.69, 9.17) is 0 Å². The van der Waals surface area contributed by atoms with Crippen molar-refractivity contribution in [3.8, 4) is 0 Å². The van der Waals surface area contributed by atoms with E-state index in [0.717, 1.165) is 29.8 Å². The Kier molecular flexibility index (Phi) is 7.23. The first kappa shape index (κ1) is 22.4. The Bertz CT molecular complexity index is 971. The number of benzene rings is 1. The maximum absolute atomic E-state index is 12.9. The minimum Gasteiger partial charge on any atom is -0.339 e. The summed E-state index contributed by atoms with van der Waals surface area (Å²) in [4.78, 5) is 21.0. The first-order chi connectivity index (χ1) is 14.3. The van der Waals surface area contributed by atoms with Gasteiger partial charge in [-0.25, -0.2) is 8.42 Å². The minimum absolute atomic E-state index is 0.0294. The van der Waals surface area contributed by atoms with E-state index in [1.165, 1.54) is 4.31 Å². The lowest BCUT2D eigenvalue weighted by Gasteiger charge is -2.34. The Morgan fingerprint density at radius 3 is 2.43 bits per heavy atom. The third-order valence-corrected chi connectivity index (χ3v) is 7.48. The van der Waals surface area contributed by atoms with Gasteiger partial charge in [0.25, 0.3) is 0 Å². The fourth-order valence-electron chi connectivity index (χ4n) is 3.46. The van der Waals surface area contributed by atoms with Gasteiger partial charge in [0.1, 0.15) is 0 Å². The summed E-state index contributed by atoms with van der Waals surface area (Å²) in [5.41, 5.74) is 3.03. The van der Waals surface area contributed by atoms with E-state index in [9.17, 15) is 13.2 Å². The lowest BCUT2D eigenvalue weighted by Crippen LogP contribution is -2.52. The zero-order valence-corrected chi connectivity index (χ0v) is 18.7. The maximum Gasteiger partial charge on any atom is 0.243 e. The SMILES string of the molecule is Cc1ccc(S(=O)(=O)N2CCN(C(=O)CN(C)CCc3ccccn3)CC2)cc1C. The lowest BCUT2D eigenvalue weighted by atomic mass is 10.1. The number of likely N-dealkylation sites (N-methyl/N-ethyl adjacent to an activating group) is 1. The maximum atomic E-state index is 12.9. The number of amides is 1. The summed E-state index contributed by atoms with van der Waals surface area (Å²) >= 11 is 0. The molecule has 1 amide bonds. The molecule has 2 aromatic rings. The van der Waals surface area contributed by atoms with Gasteiger partial charge in [-0.3, -0.25) is 14.7 Å². The van der Waals surface area contributed by atoms with Gasteiger partial charge in [-0.2, -0.15) is 4.31 Å². The molecule has 0 N–H and O–H groups in total. The van der Waals surface area contributed by atoms with E-state index >= 15 is 0 Å². The molecule has 0 spiro atoms. The number of carbonyl (C=O) groups is 1. The predicted molar refractivity (Wildman–Crippen MR) is 117 cm³/mol. The summed E-state index contributed by atoms with van der Waals surface area (Å²) in [5.74, 6) is 0.0294. The molecule has 8 heteroatoms. The third-order valence-electron chi connectivity index (χ3n) is 5.59. The fourth-order valence-corrected chi connectivity index (χ4v) is 4.97. The van der Waals surface area contributed by atoms with E-state index in [-0.39, 0.29) is 5.91 Å². The Morgan fingerprint density at radius 1 is 1.07 bits per heavy atom. The van der Waals surface area contributed by atoms with Crippen molar-refractivity contribution in [3.05, 3.63) is 59.4 Å². The largest absolute Gasteiger partial charge is 0.339 e. The van der Waals surface area contributed by atoms with Crippen molar-refractivity contribution >= 4 is 15.9 Å². The number of hydrogen-bond donors (Lipinski definition) is 0. The number of rotatable bonds is 7. The molecule has 2 heterocycles. The van der Waals surface area contributed by atoms with Gasteiger partial charge < -0.3 is 4.90 Å². The van der Waals surface area contributed by atoms with Crippen LogP contribution in [0.5, 0.6) is 0 Å². The van der Waals surface area contributed by atoms with E-state index in [1.807, 2.05) is 50.1 Å². The molecule has 0 unspecified atom stereocenters. The highest BCUT2D eigenvalue weighted by Crippen LogP contribution is 2.20. The highest BCUT2D eigenvalue weighted by molar-refractivity contribution is 7.89. The summed E-state index contributed by atoms with van der Waals surface area (Å²) in [7, 11) is -1.62. The number of hydrogen-bond acceptors (Lipinski definition) is 5. The van der Waals surface area contributed by atoms with Gasteiger partial charge in [0, 0.05) is 51.0 Å². The molecule has 0 atom stereocenters. The molecule has 1 aliphatic rings. The lowest BCUT2D eigenvalue weighted by molar-refractivity contribution is -0.133. The standard InChI is InChI=1S/C22H30N4O3S/c1-18-7-8-21(16-19(18)2)30(28,29)26-14-12-25(13-15-26)22(27)17-24(3)11-9-20-6-4-5-10-23-20/h4-8,10,16H,9,11-15,17H2,1-3H3. The molecule has 1 aromatic heterocycles. The molecule has 3 rings (SSSR count). The van der Waals surface area contributed by atoms with Crippen LogP contribution in [0.1, 0.15) is 16.8 Å². The Labute approximate surface area is 179 Å². The van der Waals surface area contributed by atoms with Gasteiger partial charge >= 0.3 is 0 Å². The molecule has 0 saturated carbocycles. The molecule has 0 bridgehead atoms. The zero-order chi connectivity index (χ0) is 21.7. The van der Waals surface area contributed by atoms with Crippen LogP contribution in [0, 0.1) is 13.8 Å². The molecule has 30 heavy (non-hydrogen) atoms. The van der Waals surface area contributed by atoms with Crippen molar-refractivity contribution in [2.45, 2.75) is 25.2 Å². The molecule has 0 radical (unpaired) electrons. The van der Waals surface area contributed by atoms with Gasteiger partial charge in [-0.1, -0.05) is 12.1 Å². The molecule has 7 nitrogen and oxygen atoms in total. The highest BCUT2D eigenvalue weighted by Gasteiger charge is 2.30. The smallest absolute Gasteiger partial charge is 0.243 e. The van der Waals surface area contributed by atoms with E-state index < -0.39 is 10.0 Å². The zero-order valence-electron chi connectivity index (χ0n) is 17.9. The molecular formula is C22H30N4O3S. The fraction of sp³-hybridized carbons (Fsp3) is 0.455. The third kappa shape index (κ3) is 5.44. The van der Waals surface area contributed by atoms with Gasteiger partial charge in [-0.05, 0) is 56.3 Å². The molecule has 1 fully saturated rings. The van der Waals surface area contributed by atoms with Crippen LogP contribution in [0.4, 0.5) is 0 Å². The molecule has 1 aliphatic heterocycles. The second-order valence-electron chi connectivity index (χ2n) is 7.84. The monoisotopic (exact) mass is 430 g/mol. The Morgan fingerprint density at radius 2 is 1.80 bits per heavy atom. The van der Waals surface area contributed by atoms with Crippen LogP contribution in [0.15, 0.2) is 47.5 Å². The molecule has 1 saturated heterocycles. The van der Waals surface area contributed by atoms with Crippen LogP contribution in [0.2, 0.25) is 0 Å². The van der Waals surface area contributed by atoms with Gasteiger partial charge in [0.2, 0.25) is 15.9 Å². The van der Waals surface area contributed by atoms with E-state index in [2.05, 4.69) is 4.98 Å². The molecule has 1 aromatic carbocycles. The van der Waals surface area contributed by atoms with E-state index in [1.54, 1.807) is 23.2 Å². The average Bonchev–Trinajstić information content (AvgIpc) is 2.75. The second kappa shape index (κ2) is 9.68. The predicted octanol–water partition coefficient (Wildman–Crippen LogP) is 1.71. The minimum atomic E-state index is -3.53. The van der Waals surface area contributed by atoms with Crippen molar-refractivity contribution in [2.75, 3.05) is 46.3 Å². The quantitative estimate of drug-likeness (QED) is 0.669. The van der Waals surface area contributed by atoms with Crippen LogP contribution in [-0.4, -0.2) is 79.7 Å². The van der Waals surface area contributed by atoms with Crippen LogP contribution in [0.25, 0.3) is 0 Å². The normalized spacial score (nSPS) is 15.5. The number of piperazine rings is 1. The van der Waals surface area contributed by atoms with Gasteiger partial charge in [0.05, 0.1) is 11.4 Å². The number of carbonyl (C=O) groups excluding carboxylic acids is 1. The average molecular weight is 431 g/mol. The number of pyridine rings is 1. The first-order valence-electron chi connectivity index (χ1n) is 10.2. The van der Waals surface area contributed by atoms with Crippen molar-refractivity contribution in [1.82, 2.24) is 19.1 Å². The van der Waals surface area contributed by atoms with Crippen LogP contribution >= 0.6 is 0 Å². The highest BCUT2D eigenvalue weighted by atomic mass is 32.2. The summed E-state index contributed by atoms with van der Waals surface area (Å²) in [6, 6.07) is 11.0. The van der Waals surface area contributed by atoms with Crippen molar-refractivity contribution in [3.63, 3.8) is 0 Å². The second-order valence-corrected chi connectivity index (χ2v) is 9.78. The first-order valence-corrected chi connectivity index (χ1v) is 11.6. The topological polar surface area (TPSA) is 73.8 Å². The van der Waals surface area contributed by atoms with E-state index in [0.29, 0.717) is 37.6 Å². The molecule has 0 aliphatic carbocycles. The van der Waals surface area contributed by atoms with Crippen molar-refractivity contribution in [1.29, 1.82) is 0 Å². The number of aromatic nitrogens is 1. The Balaban J connectivity index is 1.50. The van der Waals surface area contributed by atoms with Gasteiger partial charge in [-0.15, -0.1) is 0 Å². The summed E-state index contributed by atoms with van der Waals surface area (Å²) in [6.07, 6.45) is 2.55. The van der Waals surface area contributed by atoms with Crippen molar-refractivity contribution < 1.29 is 13.2 Å². The van der Waals surface area contributed by atoms with Gasteiger partial charge in [0.15, 0.2) is 0 Å².